The molecule has 0 saturated heterocycles. The van der Waals surface area contributed by atoms with Crippen LogP contribution in [0.3, 0.4) is 0 Å². The van der Waals surface area contributed by atoms with Gasteiger partial charge in [0.2, 0.25) is 0 Å². The zero-order valence-electron chi connectivity index (χ0n) is 16.7. The molecule has 3 rings (SSSR count). The number of nitrogens with zero attached hydrogens (tertiary/aromatic N) is 4. The second-order valence-corrected chi connectivity index (χ2v) is 6.61. The van der Waals surface area contributed by atoms with Crippen molar-refractivity contribution in [3.8, 4) is 5.82 Å². The Morgan fingerprint density at radius 1 is 1.03 bits per heavy atom. The van der Waals surface area contributed by atoms with Crippen LogP contribution < -0.4 is 10.6 Å². The van der Waals surface area contributed by atoms with Crippen LogP contribution in [0.5, 0.6) is 0 Å². The smallest absolute Gasteiger partial charge is 0.357 e. The van der Waals surface area contributed by atoms with E-state index in [0.29, 0.717) is 25.6 Å². The fourth-order valence-corrected chi connectivity index (χ4v) is 2.78. The summed E-state index contributed by atoms with van der Waals surface area (Å²) in [5.41, 5.74) is 1.01. The third-order valence-corrected chi connectivity index (χ3v) is 4.39. The number of pyridine rings is 1. The van der Waals surface area contributed by atoms with Gasteiger partial charge in [-0.1, -0.05) is 18.2 Å². The lowest BCUT2D eigenvalue weighted by atomic mass is 10.1. The molecule has 0 amide bonds. The summed E-state index contributed by atoms with van der Waals surface area (Å²) in [6, 6.07) is 8.93. The van der Waals surface area contributed by atoms with Crippen molar-refractivity contribution in [1.29, 1.82) is 0 Å². The lowest BCUT2D eigenvalue weighted by Gasteiger charge is -2.12. The van der Waals surface area contributed by atoms with Crippen LogP contribution in [-0.4, -0.2) is 27.0 Å². The average molecular weight is 416 g/mol. The third-order valence-electron chi connectivity index (χ3n) is 4.39. The van der Waals surface area contributed by atoms with E-state index >= 15 is 0 Å². The van der Waals surface area contributed by atoms with E-state index in [0.717, 1.165) is 34.9 Å². The van der Waals surface area contributed by atoms with Gasteiger partial charge in [-0.05, 0) is 43.2 Å². The van der Waals surface area contributed by atoms with Crippen molar-refractivity contribution >= 4 is 5.96 Å². The van der Waals surface area contributed by atoms with Crippen LogP contribution in [0.4, 0.5) is 13.2 Å². The molecule has 0 fully saturated rings. The van der Waals surface area contributed by atoms with Crippen molar-refractivity contribution < 1.29 is 13.2 Å². The summed E-state index contributed by atoms with van der Waals surface area (Å²) in [5.74, 6) is 2.21. The lowest BCUT2D eigenvalue weighted by Crippen LogP contribution is -2.36. The largest absolute Gasteiger partial charge is 0.416 e. The number of hydrogen-bond acceptors (Lipinski definition) is 3. The van der Waals surface area contributed by atoms with Gasteiger partial charge >= 0.3 is 6.18 Å². The molecule has 3 aromatic rings. The Morgan fingerprint density at radius 2 is 1.77 bits per heavy atom. The van der Waals surface area contributed by atoms with E-state index in [2.05, 4.69) is 25.6 Å². The molecule has 6 nitrogen and oxygen atoms in total. The van der Waals surface area contributed by atoms with Gasteiger partial charge < -0.3 is 10.6 Å². The van der Waals surface area contributed by atoms with Gasteiger partial charge in [-0.25, -0.2) is 15.0 Å². The van der Waals surface area contributed by atoms with Crippen LogP contribution in [-0.2, 0) is 19.3 Å². The molecule has 0 aliphatic heterocycles. The molecule has 2 heterocycles. The Bertz CT molecular complexity index is 975. The van der Waals surface area contributed by atoms with Gasteiger partial charge in [-0.2, -0.15) is 13.2 Å². The highest BCUT2D eigenvalue weighted by molar-refractivity contribution is 5.79. The highest BCUT2D eigenvalue weighted by Crippen LogP contribution is 2.29. The monoisotopic (exact) mass is 416 g/mol. The molecule has 0 radical (unpaired) electrons. The molecule has 0 unspecified atom stereocenters. The third kappa shape index (κ3) is 5.59. The SMILES string of the molecule is CCNC(=NCc1ccc(-n2ccnc2C)nc1)NCc1ccc(C(F)(F)F)cc1. The molecule has 158 valence electrons. The van der Waals surface area contributed by atoms with Crippen molar-refractivity contribution in [2.24, 2.45) is 4.99 Å². The molecule has 0 spiro atoms. The first-order valence-corrected chi connectivity index (χ1v) is 9.50. The summed E-state index contributed by atoms with van der Waals surface area (Å²) < 4.78 is 39.9. The van der Waals surface area contributed by atoms with Crippen LogP contribution in [0.25, 0.3) is 5.82 Å². The minimum atomic E-state index is -4.33. The summed E-state index contributed by atoms with van der Waals surface area (Å²) in [6.45, 7) is 5.29. The molecule has 0 aliphatic carbocycles. The van der Waals surface area contributed by atoms with Crippen molar-refractivity contribution in [3.63, 3.8) is 0 Å². The maximum atomic E-state index is 12.7. The number of benzene rings is 1. The number of imidazole rings is 1. The summed E-state index contributed by atoms with van der Waals surface area (Å²) in [7, 11) is 0. The summed E-state index contributed by atoms with van der Waals surface area (Å²) in [6.07, 6.45) is 1.00. The van der Waals surface area contributed by atoms with Gasteiger partial charge in [0.15, 0.2) is 5.96 Å². The normalized spacial score (nSPS) is 12.1. The molecule has 2 N–H and O–H groups in total. The number of aryl methyl sites for hydroxylation is 1. The minimum absolute atomic E-state index is 0.362. The Morgan fingerprint density at radius 3 is 2.33 bits per heavy atom. The first-order valence-electron chi connectivity index (χ1n) is 9.50. The quantitative estimate of drug-likeness (QED) is 0.473. The number of guanidine groups is 1. The molecular weight excluding hydrogens is 393 g/mol. The van der Waals surface area contributed by atoms with E-state index in [4.69, 9.17) is 0 Å². The standard InChI is InChI=1S/C21H23F3N6/c1-3-25-20(28-12-16-4-7-18(8-5-16)21(22,23)24)29-14-17-6-9-19(27-13-17)30-11-10-26-15(30)2/h4-11,13H,3,12,14H2,1-2H3,(H2,25,28,29). The molecule has 0 aliphatic rings. The lowest BCUT2D eigenvalue weighted by molar-refractivity contribution is -0.137. The Hall–Kier alpha value is -3.36. The van der Waals surface area contributed by atoms with E-state index in [9.17, 15) is 13.2 Å². The van der Waals surface area contributed by atoms with Crippen LogP contribution >= 0.6 is 0 Å². The topological polar surface area (TPSA) is 67.1 Å². The number of rotatable bonds is 6. The van der Waals surface area contributed by atoms with Gasteiger partial charge in [0.1, 0.15) is 11.6 Å². The van der Waals surface area contributed by atoms with Gasteiger partial charge in [0.25, 0.3) is 0 Å². The first-order chi connectivity index (χ1) is 14.4. The number of alkyl halides is 3. The molecule has 0 bridgehead atoms. The van der Waals surface area contributed by atoms with Crippen LogP contribution in [0.2, 0.25) is 0 Å². The van der Waals surface area contributed by atoms with Gasteiger partial charge in [-0.3, -0.25) is 4.57 Å². The predicted octanol–water partition coefficient (Wildman–Crippen LogP) is 3.85. The molecule has 9 heteroatoms. The number of aromatic nitrogens is 3. The molecule has 1 aromatic carbocycles. The molecule has 30 heavy (non-hydrogen) atoms. The Balaban J connectivity index is 1.61. The fourth-order valence-electron chi connectivity index (χ4n) is 2.78. The Labute approximate surface area is 172 Å². The van der Waals surface area contributed by atoms with Crippen LogP contribution in [0.15, 0.2) is 60.0 Å². The summed E-state index contributed by atoms with van der Waals surface area (Å²) >= 11 is 0. The maximum Gasteiger partial charge on any atom is 0.416 e. The van der Waals surface area contributed by atoms with Crippen molar-refractivity contribution in [3.05, 3.63) is 77.5 Å². The molecular formula is C21H23F3N6. The zero-order valence-corrected chi connectivity index (χ0v) is 16.7. The van der Waals surface area contributed by atoms with E-state index in [1.54, 1.807) is 12.4 Å². The van der Waals surface area contributed by atoms with E-state index in [1.165, 1.54) is 12.1 Å². The molecule has 0 atom stereocenters. The number of hydrogen-bond donors (Lipinski definition) is 2. The van der Waals surface area contributed by atoms with Gasteiger partial charge in [0.05, 0.1) is 12.1 Å². The highest BCUT2D eigenvalue weighted by Gasteiger charge is 2.29. The molecule has 0 saturated carbocycles. The molecule has 2 aromatic heterocycles. The Kier molecular flexibility index (Phi) is 6.71. The maximum absolute atomic E-state index is 12.7. The van der Waals surface area contributed by atoms with Crippen molar-refractivity contribution in [2.75, 3.05) is 6.54 Å². The zero-order chi connectivity index (χ0) is 21.6. The van der Waals surface area contributed by atoms with Crippen LogP contribution in [0.1, 0.15) is 29.4 Å². The van der Waals surface area contributed by atoms with Crippen LogP contribution in [0, 0.1) is 6.92 Å². The van der Waals surface area contributed by atoms with Gasteiger partial charge in [-0.15, -0.1) is 0 Å². The summed E-state index contributed by atoms with van der Waals surface area (Å²) in [4.78, 5) is 13.2. The predicted molar refractivity (Wildman–Crippen MR) is 109 cm³/mol. The highest BCUT2D eigenvalue weighted by atomic mass is 19.4. The second-order valence-electron chi connectivity index (χ2n) is 6.61. The fraction of sp³-hybridized carbons (Fsp3) is 0.286. The second kappa shape index (κ2) is 9.43. The minimum Gasteiger partial charge on any atom is -0.357 e. The number of halogens is 3. The van der Waals surface area contributed by atoms with E-state index in [1.807, 2.05) is 36.7 Å². The number of nitrogens with one attached hydrogen (secondary N) is 2. The number of aliphatic imine (C=N–C) groups is 1. The summed E-state index contributed by atoms with van der Waals surface area (Å²) in [5, 5.41) is 6.26. The first kappa shape index (κ1) is 21.4. The van der Waals surface area contributed by atoms with Gasteiger partial charge in [0, 0.05) is 31.7 Å². The van der Waals surface area contributed by atoms with Crippen molar-refractivity contribution in [1.82, 2.24) is 25.2 Å². The average Bonchev–Trinajstić information content (AvgIpc) is 3.16. The van der Waals surface area contributed by atoms with E-state index in [-0.39, 0.29) is 0 Å². The van der Waals surface area contributed by atoms with E-state index < -0.39 is 11.7 Å². The van der Waals surface area contributed by atoms with Crippen molar-refractivity contribution in [2.45, 2.75) is 33.1 Å².